The van der Waals surface area contributed by atoms with E-state index in [4.69, 9.17) is 11.6 Å². The molecule has 0 saturated heterocycles. The average Bonchev–Trinajstić information content (AvgIpc) is 2.65. The molecule has 2 N–H and O–H groups in total. The molecule has 0 radical (unpaired) electrons. The summed E-state index contributed by atoms with van der Waals surface area (Å²) in [5.41, 5.74) is 1.25. The van der Waals surface area contributed by atoms with E-state index in [0.29, 0.717) is 6.54 Å². The van der Waals surface area contributed by atoms with E-state index < -0.39 is 4.92 Å². The predicted octanol–water partition coefficient (Wildman–Crippen LogP) is 2.64. The Morgan fingerprint density at radius 2 is 1.85 bits per heavy atom. The molecule has 0 heterocycles. The van der Waals surface area contributed by atoms with Gasteiger partial charge in [-0.3, -0.25) is 14.9 Å². The highest BCUT2D eigenvalue weighted by Crippen LogP contribution is 2.22. The first-order chi connectivity index (χ1) is 12.5. The minimum absolute atomic E-state index is 0.0724. The van der Waals surface area contributed by atoms with Crippen LogP contribution in [-0.4, -0.2) is 30.5 Å². The molecule has 0 fully saturated rings. The summed E-state index contributed by atoms with van der Waals surface area (Å²) in [5, 5.41) is 13.8. The number of rotatable bonds is 8. The quantitative estimate of drug-likeness (QED) is 0.549. The molecule has 0 unspecified atom stereocenters. The van der Waals surface area contributed by atoms with Gasteiger partial charge in [-0.15, -0.1) is 0 Å². The molecular formula is C19H23ClN3O3+. The molecule has 2 rings (SSSR count). The number of likely N-dealkylation sites (N-methyl/N-ethyl adjacent to an activating group) is 1. The van der Waals surface area contributed by atoms with Gasteiger partial charge >= 0.3 is 0 Å². The van der Waals surface area contributed by atoms with Gasteiger partial charge in [0.1, 0.15) is 6.04 Å². The maximum Gasteiger partial charge on any atom is 0.270 e. The topological polar surface area (TPSA) is 76.7 Å². The third-order valence-corrected chi connectivity index (χ3v) is 4.79. The van der Waals surface area contributed by atoms with Crippen LogP contribution in [0.25, 0.3) is 0 Å². The number of carbonyl (C=O) groups excluding carboxylic acids is 1. The minimum Gasteiger partial charge on any atom is -0.346 e. The number of nitrogens with one attached hydrogen (secondary N) is 2. The van der Waals surface area contributed by atoms with E-state index in [-0.39, 0.29) is 28.2 Å². The standard InChI is InChI=1S/C19H22ClN3O3/c1-3-22(4-2)18(14-8-6-5-7-9-14)13-21-19(24)16-11-10-15(23(25)26)12-17(16)20/h5-12,18H,3-4,13H2,1-2H3,(H,21,24)/p+1/t18-/m0/s1. The summed E-state index contributed by atoms with van der Waals surface area (Å²) in [6.07, 6.45) is 0. The van der Waals surface area contributed by atoms with Crippen molar-refractivity contribution in [3.63, 3.8) is 0 Å². The molecule has 138 valence electrons. The Kier molecular flexibility index (Phi) is 7.12. The third kappa shape index (κ3) is 4.80. The second-order valence-corrected chi connectivity index (χ2v) is 6.37. The Hall–Kier alpha value is -2.44. The molecule has 0 aliphatic heterocycles. The van der Waals surface area contributed by atoms with Crippen molar-refractivity contribution in [2.45, 2.75) is 19.9 Å². The average molecular weight is 377 g/mol. The van der Waals surface area contributed by atoms with Gasteiger partial charge < -0.3 is 10.2 Å². The molecule has 6 nitrogen and oxygen atoms in total. The first-order valence-electron chi connectivity index (χ1n) is 8.59. The number of nitro groups is 1. The van der Waals surface area contributed by atoms with E-state index >= 15 is 0 Å². The van der Waals surface area contributed by atoms with Crippen molar-refractivity contribution in [3.05, 3.63) is 74.8 Å². The highest BCUT2D eigenvalue weighted by molar-refractivity contribution is 6.34. The Labute approximate surface area is 157 Å². The molecule has 7 heteroatoms. The summed E-state index contributed by atoms with van der Waals surface area (Å²) >= 11 is 6.05. The van der Waals surface area contributed by atoms with Gasteiger partial charge in [0, 0.05) is 17.7 Å². The molecule has 0 spiro atoms. The molecule has 0 bridgehead atoms. The number of carbonyl (C=O) groups is 1. The summed E-state index contributed by atoms with van der Waals surface area (Å²) in [6, 6.07) is 14.0. The largest absolute Gasteiger partial charge is 0.346 e. The van der Waals surface area contributed by atoms with E-state index in [2.05, 4.69) is 31.3 Å². The van der Waals surface area contributed by atoms with Crippen LogP contribution in [0.5, 0.6) is 0 Å². The normalized spacial score (nSPS) is 12.0. The number of benzene rings is 2. The molecule has 2 aromatic rings. The fourth-order valence-corrected chi connectivity index (χ4v) is 3.28. The van der Waals surface area contributed by atoms with Crippen LogP contribution in [-0.2, 0) is 0 Å². The van der Waals surface area contributed by atoms with Gasteiger partial charge in [-0.2, -0.15) is 0 Å². The molecule has 2 aromatic carbocycles. The van der Waals surface area contributed by atoms with Gasteiger partial charge in [0.15, 0.2) is 0 Å². The summed E-state index contributed by atoms with van der Waals surface area (Å²) in [6.45, 7) is 6.55. The zero-order chi connectivity index (χ0) is 19.1. The number of halogens is 1. The third-order valence-electron chi connectivity index (χ3n) is 4.48. The van der Waals surface area contributed by atoms with Crippen LogP contribution >= 0.6 is 11.6 Å². The van der Waals surface area contributed by atoms with Gasteiger partial charge in [-0.1, -0.05) is 41.9 Å². The lowest BCUT2D eigenvalue weighted by molar-refractivity contribution is -0.927. The van der Waals surface area contributed by atoms with Crippen LogP contribution in [0.15, 0.2) is 48.5 Å². The molecule has 26 heavy (non-hydrogen) atoms. The van der Waals surface area contributed by atoms with Gasteiger partial charge in [0.25, 0.3) is 11.6 Å². The van der Waals surface area contributed by atoms with Crippen molar-refractivity contribution in [2.75, 3.05) is 19.6 Å². The second kappa shape index (κ2) is 9.31. The van der Waals surface area contributed by atoms with E-state index in [1.807, 2.05) is 18.2 Å². The zero-order valence-corrected chi connectivity index (χ0v) is 15.6. The van der Waals surface area contributed by atoms with Gasteiger partial charge in [-0.25, -0.2) is 0 Å². The van der Waals surface area contributed by atoms with Crippen molar-refractivity contribution in [3.8, 4) is 0 Å². The fraction of sp³-hybridized carbons (Fsp3) is 0.316. The number of nitro benzene ring substituents is 1. The van der Waals surface area contributed by atoms with Crippen LogP contribution in [0.3, 0.4) is 0 Å². The predicted molar refractivity (Wildman–Crippen MR) is 102 cm³/mol. The first-order valence-corrected chi connectivity index (χ1v) is 8.97. The summed E-state index contributed by atoms with van der Waals surface area (Å²) in [5.74, 6) is -0.336. The number of hydrogen-bond acceptors (Lipinski definition) is 3. The summed E-state index contributed by atoms with van der Waals surface area (Å²) in [4.78, 5) is 24.1. The lowest BCUT2D eigenvalue weighted by Gasteiger charge is -2.27. The molecular weight excluding hydrogens is 354 g/mol. The lowest BCUT2D eigenvalue weighted by atomic mass is 10.0. The second-order valence-electron chi connectivity index (χ2n) is 5.96. The minimum atomic E-state index is -0.539. The fourth-order valence-electron chi connectivity index (χ4n) is 3.02. The van der Waals surface area contributed by atoms with E-state index in [1.54, 1.807) is 0 Å². The van der Waals surface area contributed by atoms with Crippen LogP contribution in [0.2, 0.25) is 5.02 Å². The maximum atomic E-state index is 12.5. The lowest BCUT2D eigenvalue weighted by Crippen LogP contribution is -3.12. The van der Waals surface area contributed by atoms with Crippen LogP contribution in [0, 0.1) is 10.1 Å². The maximum absolute atomic E-state index is 12.5. The van der Waals surface area contributed by atoms with Crippen LogP contribution in [0.4, 0.5) is 5.69 Å². The number of quaternary nitrogens is 1. The van der Waals surface area contributed by atoms with E-state index in [0.717, 1.165) is 18.7 Å². The van der Waals surface area contributed by atoms with Crippen LogP contribution < -0.4 is 10.2 Å². The Morgan fingerprint density at radius 1 is 1.19 bits per heavy atom. The Bertz CT molecular complexity index is 764. The van der Waals surface area contributed by atoms with Crippen molar-refractivity contribution in [2.24, 2.45) is 0 Å². The molecule has 1 amide bonds. The molecule has 0 saturated carbocycles. The first kappa shape index (κ1) is 19.9. The summed E-state index contributed by atoms with van der Waals surface area (Å²) in [7, 11) is 0. The zero-order valence-electron chi connectivity index (χ0n) is 14.9. The van der Waals surface area contributed by atoms with Crippen molar-refractivity contribution in [1.29, 1.82) is 0 Å². The number of non-ortho nitro benzene ring substituents is 1. The van der Waals surface area contributed by atoms with Crippen molar-refractivity contribution < 1.29 is 14.6 Å². The highest BCUT2D eigenvalue weighted by Gasteiger charge is 2.23. The van der Waals surface area contributed by atoms with Gasteiger partial charge in [0.05, 0.1) is 35.1 Å². The monoisotopic (exact) mass is 376 g/mol. The van der Waals surface area contributed by atoms with Gasteiger partial charge in [0.2, 0.25) is 0 Å². The summed E-state index contributed by atoms with van der Waals surface area (Å²) < 4.78 is 0. The number of nitrogens with zero attached hydrogens (tertiary/aromatic N) is 1. The van der Waals surface area contributed by atoms with E-state index in [1.165, 1.54) is 23.1 Å². The molecule has 0 aliphatic rings. The number of amides is 1. The smallest absolute Gasteiger partial charge is 0.270 e. The van der Waals surface area contributed by atoms with Crippen LogP contribution in [0.1, 0.15) is 35.8 Å². The number of hydrogen-bond donors (Lipinski definition) is 2. The Morgan fingerprint density at radius 3 is 2.38 bits per heavy atom. The van der Waals surface area contributed by atoms with E-state index in [9.17, 15) is 14.9 Å². The molecule has 0 aliphatic carbocycles. The SMILES string of the molecule is CC[NH+](CC)[C@@H](CNC(=O)c1ccc([N+](=O)[O-])cc1Cl)c1ccccc1. The Balaban J connectivity index is 2.15. The molecule has 0 aromatic heterocycles. The van der Waals surface area contributed by atoms with Crippen molar-refractivity contribution in [1.82, 2.24) is 5.32 Å². The van der Waals surface area contributed by atoms with Gasteiger partial charge in [-0.05, 0) is 19.9 Å². The molecule has 1 atom stereocenters. The highest BCUT2D eigenvalue weighted by atomic mass is 35.5. The van der Waals surface area contributed by atoms with Crippen molar-refractivity contribution >= 4 is 23.2 Å².